The topological polar surface area (TPSA) is 38.8 Å². The number of hydrogen-bond acceptors (Lipinski definition) is 3. The highest BCUT2D eigenvalue weighted by Crippen LogP contribution is 2.39. The number of halogens is 1. The fraction of sp³-hybridized carbons (Fsp3) is 0.381. The van der Waals surface area contributed by atoms with E-state index in [1.807, 2.05) is 24.0 Å². The molecule has 1 heterocycles. The number of benzene rings is 2. The highest BCUT2D eigenvalue weighted by atomic mass is 35.5. The lowest BCUT2D eigenvalue weighted by molar-refractivity contribution is 0.0735. The van der Waals surface area contributed by atoms with Gasteiger partial charge in [-0.2, -0.15) is 0 Å². The van der Waals surface area contributed by atoms with Crippen LogP contribution in [0.2, 0.25) is 5.02 Å². The quantitative estimate of drug-likeness (QED) is 0.737. The predicted molar refractivity (Wildman–Crippen MR) is 103 cm³/mol. The van der Waals surface area contributed by atoms with Crippen molar-refractivity contribution in [2.75, 3.05) is 20.3 Å². The van der Waals surface area contributed by atoms with Crippen LogP contribution >= 0.6 is 11.6 Å². The lowest BCUT2D eigenvalue weighted by Gasteiger charge is -2.27. The molecule has 1 amide bonds. The van der Waals surface area contributed by atoms with Gasteiger partial charge in [0.05, 0.1) is 24.8 Å². The Bertz CT molecular complexity index is 806. The van der Waals surface area contributed by atoms with Gasteiger partial charge in [-0.05, 0) is 49.9 Å². The predicted octanol–water partition coefficient (Wildman–Crippen LogP) is 5.03. The maximum Gasteiger partial charge on any atom is 0.254 e. The van der Waals surface area contributed by atoms with Crippen LogP contribution in [0.5, 0.6) is 11.5 Å². The van der Waals surface area contributed by atoms with Crippen LogP contribution in [-0.4, -0.2) is 31.1 Å². The smallest absolute Gasteiger partial charge is 0.254 e. The van der Waals surface area contributed by atoms with Crippen molar-refractivity contribution in [3.8, 4) is 11.5 Å². The van der Waals surface area contributed by atoms with Gasteiger partial charge in [0.15, 0.2) is 11.5 Å². The van der Waals surface area contributed by atoms with E-state index in [1.54, 1.807) is 19.2 Å². The van der Waals surface area contributed by atoms with Crippen molar-refractivity contribution in [3.05, 3.63) is 58.1 Å². The Hall–Kier alpha value is -2.20. The van der Waals surface area contributed by atoms with Crippen LogP contribution in [0.25, 0.3) is 0 Å². The van der Waals surface area contributed by atoms with Crippen molar-refractivity contribution >= 4 is 17.5 Å². The van der Waals surface area contributed by atoms with E-state index in [0.29, 0.717) is 28.7 Å². The molecule has 1 fully saturated rings. The SMILES string of the molecule is CCOc1c(Cl)cc(C(=O)N2CCCC2c2ccccc2C)cc1OC. The summed E-state index contributed by atoms with van der Waals surface area (Å²) in [4.78, 5) is 15.1. The van der Waals surface area contributed by atoms with Gasteiger partial charge in [-0.3, -0.25) is 4.79 Å². The monoisotopic (exact) mass is 373 g/mol. The first-order valence-electron chi connectivity index (χ1n) is 8.93. The van der Waals surface area contributed by atoms with E-state index >= 15 is 0 Å². The Morgan fingerprint density at radius 3 is 2.77 bits per heavy atom. The van der Waals surface area contributed by atoms with E-state index in [0.717, 1.165) is 19.4 Å². The molecular weight excluding hydrogens is 350 g/mol. The van der Waals surface area contributed by atoms with Gasteiger partial charge < -0.3 is 14.4 Å². The van der Waals surface area contributed by atoms with Crippen molar-refractivity contribution in [1.29, 1.82) is 0 Å². The normalized spacial score (nSPS) is 16.6. The molecule has 1 saturated heterocycles. The Labute approximate surface area is 159 Å². The number of methoxy groups -OCH3 is 1. The Balaban J connectivity index is 1.93. The molecule has 0 bridgehead atoms. The van der Waals surface area contributed by atoms with Crippen molar-refractivity contribution in [3.63, 3.8) is 0 Å². The Morgan fingerprint density at radius 2 is 2.08 bits per heavy atom. The Morgan fingerprint density at radius 1 is 1.31 bits per heavy atom. The third-order valence-corrected chi connectivity index (χ3v) is 5.11. The van der Waals surface area contributed by atoms with Crippen molar-refractivity contribution < 1.29 is 14.3 Å². The molecule has 138 valence electrons. The third-order valence-electron chi connectivity index (χ3n) is 4.83. The molecule has 0 N–H and O–H groups in total. The average Bonchev–Trinajstić information content (AvgIpc) is 3.12. The van der Waals surface area contributed by atoms with Gasteiger partial charge in [0.2, 0.25) is 0 Å². The Kier molecular flexibility index (Phi) is 5.72. The fourth-order valence-electron chi connectivity index (χ4n) is 3.59. The minimum Gasteiger partial charge on any atom is -0.493 e. The first-order valence-corrected chi connectivity index (χ1v) is 9.31. The van der Waals surface area contributed by atoms with Gasteiger partial charge in [-0.1, -0.05) is 35.9 Å². The summed E-state index contributed by atoms with van der Waals surface area (Å²) in [6.45, 7) is 5.19. The zero-order valence-electron chi connectivity index (χ0n) is 15.4. The molecule has 2 aromatic carbocycles. The van der Waals surface area contributed by atoms with Gasteiger partial charge >= 0.3 is 0 Å². The third kappa shape index (κ3) is 3.51. The molecule has 0 radical (unpaired) electrons. The highest BCUT2D eigenvalue weighted by molar-refractivity contribution is 6.32. The molecular formula is C21H24ClNO3. The lowest BCUT2D eigenvalue weighted by atomic mass is 9.99. The summed E-state index contributed by atoms with van der Waals surface area (Å²) in [7, 11) is 1.55. The summed E-state index contributed by atoms with van der Waals surface area (Å²) in [5.41, 5.74) is 2.94. The molecule has 0 aliphatic carbocycles. The first-order chi connectivity index (χ1) is 12.6. The number of nitrogens with zero attached hydrogens (tertiary/aromatic N) is 1. The largest absolute Gasteiger partial charge is 0.493 e. The van der Waals surface area contributed by atoms with E-state index in [2.05, 4.69) is 19.1 Å². The van der Waals surface area contributed by atoms with Crippen LogP contribution in [0.4, 0.5) is 0 Å². The summed E-state index contributed by atoms with van der Waals surface area (Å²) in [6, 6.07) is 11.7. The van der Waals surface area contributed by atoms with Crippen molar-refractivity contribution in [2.45, 2.75) is 32.7 Å². The molecule has 1 aliphatic rings. The first kappa shape index (κ1) is 18.6. The number of amides is 1. The van der Waals surface area contributed by atoms with E-state index in [-0.39, 0.29) is 11.9 Å². The molecule has 2 aromatic rings. The fourth-order valence-corrected chi connectivity index (χ4v) is 3.85. The van der Waals surface area contributed by atoms with E-state index < -0.39 is 0 Å². The van der Waals surface area contributed by atoms with Crippen molar-refractivity contribution in [2.24, 2.45) is 0 Å². The standard InChI is InChI=1S/C21H24ClNO3/c1-4-26-20-17(22)12-15(13-19(20)25-3)21(24)23-11-7-10-18(23)16-9-6-5-8-14(16)2/h5-6,8-9,12-13,18H,4,7,10-11H2,1-3H3. The summed E-state index contributed by atoms with van der Waals surface area (Å²) < 4.78 is 10.9. The van der Waals surface area contributed by atoms with Crippen LogP contribution in [-0.2, 0) is 0 Å². The number of ether oxygens (including phenoxy) is 2. The molecule has 0 aromatic heterocycles. The number of rotatable bonds is 5. The van der Waals surface area contributed by atoms with Crippen LogP contribution in [0.1, 0.15) is 47.3 Å². The molecule has 1 atom stereocenters. The van der Waals surface area contributed by atoms with Crippen LogP contribution in [0.15, 0.2) is 36.4 Å². The molecule has 0 saturated carbocycles. The van der Waals surface area contributed by atoms with Crippen LogP contribution in [0.3, 0.4) is 0 Å². The maximum absolute atomic E-state index is 13.2. The van der Waals surface area contributed by atoms with Gasteiger partial charge in [0.25, 0.3) is 5.91 Å². The summed E-state index contributed by atoms with van der Waals surface area (Å²) >= 11 is 6.35. The number of hydrogen-bond donors (Lipinski definition) is 0. The van der Waals surface area contributed by atoms with E-state index in [1.165, 1.54) is 11.1 Å². The minimum absolute atomic E-state index is 0.0287. The molecule has 1 unspecified atom stereocenters. The molecule has 1 aliphatic heterocycles. The van der Waals surface area contributed by atoms with Gasteiger partial charge in [-0.25, -0.2) is 0 Å². The lowest BCUT2D eigenvalue weighted by Crippen LogP contribution is -2.31. The van der Waals surface area contributed by atoms with E-state index in [4.69, 9.17) is 21.1 Å². The second-order valence-corrected chi connectivity index (χ2v) is 6.84. The number of carbonyl (C=O) groups excluding carboxylic acids is 1. The van der Waals surface area contributed by atoms with Gasteiger partial charge in [0.1, 0.15) is 0 Å². The summed E-state index contributed by atoms with van der Waals surface area (Å²) in [5.74, 6) is 0.929. The molecule has 26 heavy (non-hydrogen) atoms. The molecule has 5 heteroatoms. The van der Waals surface area contributed by atoms with Gasteiger partial charge in [0, 0.05) is 12.1 Å². The highest BCUT2D eigenvalue weighted by Gasteiger charge is 2.32. The second kappa shape index (κ2) is 8.00. The second-order valence-electron chi connectivity index (χ2n) is 6.44. The average molecular weight is 374 g/mol. The van der Waals surface area contributed by atoms with E-state index in [9.17, 15) is 4.79 Å². The zero-order chi connectivity index (χ0) is 18.7. The molecule has 3 rings (SSSR count). The minimum atomic E-state index is -0.0287. The molecule has 4 nitrogen and oxygen atoms in total. The summed E-state index contributed by atoms with van der Waals surface area (Å²) in [5, 5.41) is 0.390. The van der Waals surface area contributed by atoms with Crippen LogP contribution in [0, 0.1) is 6.92 Å². The maximum atomic E-state index is 13.2. The number of aryl methyl sites for hydroxylation is 1. The number of carbonyl (C=O) groups is 1. The van der Waals surface area contributed by atoms with Crippen molar-refractivity contribution in [1.82, 2.24) is 4.90 Å². The molecule has 0 spiro atoms. The van der Waals surface area contributed by atoms with Crippen LogP contribution < -0.4 is 9.47 Å². The zero-order valence-corrected chi connectivity index (χ0v) is 16.2. The van der Waals surface area contributed by atoms with Gasteiger partial charge in [-0.15, -0.1) is 0 Å². The summed E-state index contributed by atoms with van der Waals surface area (Å²) in [6.07, 6.45) is 1.96. The number of likely N-dealkylation sites (tertiary alicyclic amines) is 1.